The molecule has 4 rings (SSSR count). The van der Waals surface area contributed by atoms with Crippen LogP contribution < -0.4 is 10.6 Å². The van der Waals surface area contributed by atoms with Crippen LogP contribution in [0.25, 0.3) is 11.4 Å². The Morgan fingerprint density at radius 2 is 2.13 bits per heavy atom. The van der Waals surface area contributed by atoms with Crippen molar-refractivity contribution in [1.29, 1.82) is 0 Å². The molecule has 1 amide bonds. The lowest BCUT2D eigenvalue weighted by atomic mass is 9.80. The zero-order valence-electron chi connectivity index (χ0n) is 18.2. The van der Waals surface area contributed by atoms with Crippen molar-refractivity contribution in [2.75, 3.05) is 13.1 Å². The third-order valence-electron chi connectivity index (χ3n) is 6.63. The molecule has 1 aliphatic carbocycles. The van der Waals surface area contributed by atoms with Crippen LogP contribution in [0.3, 0.4) is 0 Å². The predicted octanol–water partition coefficient (Wildman–Crippen LogP) is 3.50. The van der Waals surface area contributed by atoms with Gasteiger partial charge in [0.2, 0.25) is 5.82 Å². The Bertz CT molecular complexity index is 948. The number of carbonyl (C=O) groups is 1. The van der Waals surface area contributed by atoms with Gasteiger partial charge >= 0.3 is 0 Å². The molecule has 0 spiro atoms. The number of nitrogens with zero attached hydrogens (tertiary/aromatic N) is 4. The van der Waals surface area contributed by atoms with Crippen molar-refractivity contribution in [3.63, 3.8) is 0 Å². The third-order valence-corrected chi connectivity index (χ3v) is 6.90. The van der Waals surface area contributed by atoms with Crippen molar-refractivity contribution < 1.29 is 9.18 Å². The Morgan fingerprint density at radius 3 is 2.84 bits per heavy atom. The number of alkyl halides is 1. The van der Waals surface area contributed by atoms with E-state index in [1.165, 1.54) is 6.20 Å². The van der Waals surface area contributed by atoms with Gasteiger partial charge in [-0.2, -0.15) is 5.10 Å². The van der Waals surface area contributed by atoms with Gasteiger partial charge in [0.1, 0.15) is 11.9 Å². The first-order chi connectivity index (χ1) is 14.8. The van der Waals surface area contributed by atoms with E-state index >= 15 is 0 Å². The maximum Gasteiger partial charge on any atom is 0.289 e. The van der Waals surface area contributed by atoms with Gasteiger partial charge in [-0.05, 0) is 50.0 Å². The Balaban J connectivity index is 1.57. The first kappa shape index (κ1) is 22.1. The molecule has 168 valence electrons. The van der Waals surface area contributed by atoms with Gasteiger partial charge in [0, 0.05) is 25.2 Å². The van der Waals surface area contributed by atoms with Crippen LogP contribution >= 0.6 is 11.6 Å². The molecule has 31 heavy (non-hydrogen) atoms. The van der Waals surface area contributed by atoms with Crippen LogP contribution in [0.1, 0.15) is 61.6 Å². The van der Waals surface area contributed by atoms with Gasteiger partial charge in [-0.25, -0.2) is 14.4 Å². The highest BCUT2D eigenvalue weighted by molar-refractivity contribution is 6.32. The molecule has 9 heteroatoms. The molecule has 1 saturated heterocycles. The molecular weight excluding hydrogens is 419 g/mol. The standard InChI is InChI=1S/C22H30ClFN6O/c1-12(2)16-9-27-30(3)20(16)19-17(23)10-26-21(29-19)22(31)28-18-11-25-7-6-15(18)13-4-5-14(24)8-13/h9-10,12-15,18,25H,4-8,11H2,1-3H3,(H,28,31)/t13?,14?,15?,18-/m0/s1. The van der Waals surface area contributed by atoms with Crippen molar-refractivity contribution in [1.82, 2.24) is 30.4 Å². The van der Waals surface area contributed by atoms with Crippen molar-refractivity contribution in [2.24, 2.45) is 18.9 Å². The lowest BCUT2D eigenvalue weighted by Crippen LogP contribution is -2.53. The molecular formula is C22H30ClFN6O. The summed E-state index contributed by atoms with van der Waals surface area (Å²) in [7, 11) is 1.83. The van der Waals surface area contributed by atoms with Crippen LogP contribution in [0, 0.1) is 11.8 Å². The van der Waals surface area contributed by atoms with Gasteiger partial charge in [-0.3, -0.25) is 9.48 Å². The van der Waals surface area contributed by atoms with E-state index < -0.39 is 6.17 Å². The van der Waals surface area contributed by atoms with Crippen LogP contribution in [0.15, 0.2) is 12.4 Å². The Kier molecular flexibility index (Phi) is 6.57. The first-order valence-electron chi connectivity index (χ1n) is 11.1. The molecule has 2 fully saturated rings. The largest absolute Gasteiger partial charge is 0.345 e. The second kappa shape index (κ2) is 9.20. The van der Waals surface area contributed by atoms with E-state index in [9.17, 15) is 9.18 Å². The molecule has 1 aliphatic heterocycles. The quantitative estimate of drug-likeness (QED) is 0.731. The average molecular weight is 449 g/mol. The molecule has 3 heterocycles. The predicted molar refractivity (Wildman–Crippen MR) is 118 cm³/mol. The molecule has 1 saturated carbocycles. The second-order valence-corrected chi connectivity index (χ2v) is 9.43. The summed E-state index contributed by atoms with van der Waals surface area (Å²) in [5.74, 6) is 0.551. The molecule has 2 N–H and O–H groups in total. The van der Waals surface area contributed by atoms with Gasteiger partial charge in [0.15, 0.2) is 0 Å². The number of nitrogens with one attached hydrogen (secondary N) is 2. The number of hydrogen-bond donors (Lipinski definition) is 2. The summed E-state index contributed by atoms with van der Waals surface area (Å²) >= 11 is 6.41. The zero-order chi connectivity index (χ0) is 22.1. The molecule has 0 aromatic carbocycles. The van der Waals surface area contributed by atoms with Crippen LogP contribution in [0.4, 0.5) is 4.39 Å². The van der Waals surface area contributed by atoms with Crippen LogP contribution in [-0.4, -0.2) is 51.0 Å². The van der Waals surface area contributed by atoms with E-state index in [1.54, 1.807) is 10.9 Å². The van der Waals surface area contributed by atoms with Crippen molar-refractivity contribution in [3.05, 3.63) is 28.8 Å². The van der Waals surface area contributed by atoms with Crippen molar-refractivity contribution >= 4 is 17.5 Å². The maximum atomic E-state index is 13.8. The number of piperidine rings is 1. The number of aromatic nitrogens is 4. The van der Waals surface area contributed by atoms with E-state index in [2.05, 4.69) is 39.5 Å². The SMILES string of the molecule is CC(C)c1cnn(C)c1-c1nc(C(=O)N[C@H]2CNCCC2C2CCC(F)C2)ncc1Cl. The minimum absolute atomic E-state index is 0.0674. The Hall–Kier alpha value is -2.06. The highest BCUT2D eigenvalue weighted by Gasteiger charge is 2.37. The van der Waals surface area contributed by atoms with E-state index in [0.29, 0.717) is 36.0 Å². The van der Waals surface area contributed by atoms with E-state index in [0.717, 1.165) is 30.6 Å². The fourth-order valence-corrected chi connectivity index (χ4v) is 5.17. The van der Waals surface area contributed by atoms with Crippen LogP contribution in [-0.2, 0) is 7.05 Å². The molecule has 3 unspecified atom stereocenters. The summed E-state index contributed by atoms with van der Waals surface area (Å²) in [5, 5.41) is 11.2. The highest BCUT2D eigenvalue weighted by Crippen LogP contribution is 2.37. The Morgan fingerprint density at radius 1 is 1.32 bits per heavy atom. The van der Waals surface area contributed by atoms with E-state index in [4.69, 9.17) is 11.6 Å². The van der Waals surface area contributed by atoms with E-state index in [1.807, 2.05) is 7.05 Å². The molecule has 2 aromatic heterocycles. The smallest absolute Gasteiger partial charge is 0.289 e. The molecule has 4 atom stereocenters. The fourth-order valence-electron chi connectivity index (χ4n) is 4.99. The summed E-state index contributed by atoms with van der Waals surface area (Å²) in [6.45, 7) is 5.71. The van der Waals surface area contributed by atoms with Crippen molar-refractivity contribution in [2.45, 2.75) is 57.7 Å². The lowest BCUT2D eigenvalue weighted by Gasteiger charge is -2.36. The first-order valence-corrected chi connectivity index (χ1v) is 11.4. The van der Waals surface area contributed by atoms with Gasteiger partial charge in [0.25, 0.3) is 5.91 Å². The number of rotatable bonds is 5. The van der Waals surface area contributed by atoms with Gasteiger partial charge in [-0.1, -0.05) is 25.4 Å². The van der Waals surface area contributed by atoms with Crippen LogP contribution in [0.5, 0.6) is 0 Å². The van der Waals surface area contributed by atoms with Gasteiger partial charge in [-0.15, -0.1) is 0 Å². The zero-order valence-corrected chi connectivity index (χ0v) is 19.0. The summed E-state index contributed by atoms with van der Waals surface area (Å²) in [6, 6.07) is -0.0674. The fraction of sp³-hybridized carbons (Fsp3) is 0.636. The summed E-state index contributed by atoms with van der Waals surface area (Å²) < 4.78 is 15.5. The summed E-state index contributed by atoms with van der Waals surface area (Å²) in [6.07, 6.45) is 5.60. The van der Waals surface area contributed by atoms with Crippen LogP contribution in [0.2, 0.25) is 5.02 Å². The molecule has 2 aromatic rings. The third kappa shape index (κ3) is 4.60. The van der Waals surface area contributed by atoms with E-state index in [-0.39, 0.29) is 29.6 Å². The normalized spacial score (nSPS) is 26.4. The monoisotopic (exact) mass is 448 g/mol. The summed E-state index contributed by atoms with van der Waals surface area (Å²) in [4.78, 5) is 21.8. The lowest BCUT2D eigenvalue weighted by molar-refractivity contribution is 0.0878. The minimum Gasteiger partial charge on any atom is -0.345 e. The number of hydrogen-bond acceptors (Lipinski definition) is 5. The topological polar surface area (TPSA) is 84.7 Å². The van der Waals surface area contributed by atoms with Crippen molar-refractivity contribution in [3.8, 4) is 11.4 Å². The minimum atomic E-state index is -0.715. The molecule has 0 bridgehead atoms. The number of halogens is 2. The second-order valence-electron chi connectivity index (χ2n) is 9.02. The van der Waals surface area contributed by atoms with Gasteiger partial charge in [0.05, 0.1) is 23.1 Å². The molecule has 0 radical (unpaired) electrons. The maximum absolute atomic E-state index is 13.8. The number of carbonyl (C=O) groups excluding carboxylic acids is 1. The highest BCUT2D eigenvalue weighted by atomic mass is 35.5. The van der Waals surface area contributed by atoms with Gasteiger partial charge < -0.3 is 10.6 Å². The average Bonchev–Trinajstić information content (AvgIpc) is 3.34. The molecule has 7 nitrogen and oxygen atoms in total. The molecule has 2 aliphatic rings. The summed E-state index contributed by atoms with van der Waals surface area (Å²) in [5.41, 5.74) is 2.29. The number of aryl methyl sites for hydroxylation is 1. The number of amides is 1. The Labute approximate surface area is 187 Å².